The molecular weight excluding hydrogens is 439 g/mol. The van der Waals surface area contributed by atoms with Crippen LogP contribution in [0.15, 0.2) is 66.0 Å². The number of rotatable bonds is 9. The number of benzene rings is 2. The predicted molar refractivity (Wildman–Crippen MR) is 128 cm³/mol. The molecule has 2 heterocycles. The van der Waals surface area contributed by atoms with Crippen molar-refractivity contribution in [2.75, 3.05) is 18.1 Å². The third-order valence-corrected chi connectivity index (χ3v) is 6.47. The lowest BCUT2D eigenvalue weighted by Crippen LogP contribution is -2.33. The Morgan fingerprint density at radius 1 is 1.06 bits per heavy atom. The van der Waals surface area contributed by atoms with Crippen molar-refractivity contribution in [3.63, 3.8) is 0 Å². The number of halogens is 1. The normalized spacial score (nSPS) is 15.4. The summed E-state index contributed by atoms with van der Waals surface area (Å²) in [5.74, 6) is -0.439. The van der Waals surface area contributed by atoms with E-state index in [0.29, 0.717) is 18.8 Å². The van der Waals surface area contributed by atoms with Gasteiger partial charge >= 0.3 is 0 Å². The lowest BCUT2D eigenvalue weighted by molar-refractivity contribution is -0.121. The SMILES string of the molecule is O=C(Cc1cccc(N(Cc2ccc(F)cc2)C(=O)Cc2cccs2)c1)NC[C@@H]1CCCO1. The lowest BCUT2D eigenvalue weighted by Gasteiger charge is -2.24. The maximum Gasteiger partial charge on any atom is 0.232 e. The minimum atomic E-state index is -0.314. The average Bonchev–Trinajstić information content (AvgIpc) is 3.52. The first-order valence-corrected chi connectivity index (χ1v) is 12.0. The van der Waals surface area contributed by atoms with Gasteiger partial charge in [0.25, 0.3) is 0 Å². The van der Waals surface area contributed by atoms with Crippen molar-refractivity contribution in [1.82, 2.24) is 5.32 Å². The largest absolute Gasteiger partial charge is 0.376 e. The molecule has 0 saturated carbocycles. The molecule has 172 valence electrons. The number of thiophene rings is 1. The van der Waals surface area contributed by atoms with Crippen LogP contribution in [0.3, 0.4) is 0 Å². The van der Waals surface area contributed by atoms with Crippen molar-refractivity contribution < 1.29 is 18.7 Å². The van der Waals surface area contributed by atoms with Gasteiger partial charge in [0.1, 0.15) is 5.82 Å². The number of carbonyl (C=O) groups excluding carboxylic acids is 2. The summed E-state index contributed by atoms with van der Waals surface area (Å²) in [7, 11) is 0. The molecular formula is C26H27FN2O3S. The standard InChI is InChI=1S/C26H27FN2O3S/c27-21-10-8-19(9-11-21)18-29(26(31)16-24-7-3-13-33-24)22-5-1-4-20(14-22)15-25(30)28-17-23-6-2-12-32-23/h1,3-5,7-11,13-14,23H,2,6,12,15-18H2,(H,28,30)/t23-/m0/s1. The number of hydrogen-bond acceptors (Lipinski definition) is 4. The molecule has 2 amide bonds. The van der Waals surface area contributed by atoms with Crippen molar-refractivity contribution in [2.45, 2.75) is 38.3 Å². The molecule has 1 N–H and O–H groups in total. The summed E-state index contributed by atoms with van der Waals surface area (Å²) in [6.07, 6.45) is 2.61. The summed E-state index contributed by atoms with van der Waals surface area (Å²) in [6, 6.07) is 17.5. The highest BCUT2D eigenvalue weighted by Crippen LogP contribution is 2.22. The quantitative estimate of drug-likeness (QED) is 0.505. The van der Waals surface area contributed by atoms with Crippen molar-refractivity contribution in [3.8, 4) is 0 Å². The molecule has 1 atom stereocenters. The van der Waals surface area contributed by atoms with Gasteiger partial charge in [-0.3, -0.25) is 9.59 Å². The zero-order chi connectivity index (χ0) is 23.0. The molecule has 0 radical (unpaired) electrons. The Bertz CT molecular complexity index is 1060. The second-order valence-corrected chi connectivity index (χ2v) is 9.18. The monoisotopic (exact) mass is 466 g/mol. The summed E-state index contributed by atoms with van der Waals surface area (Å²) in [4.78, 5) is 28.3. The molecule has 33 heavy (non-hydrogen) atoms. The van der Waals surface area contributed by atoms with Gasteiger partial charge in [-0.15, -0.1) is 11.3 Å². The summed E-state index contributed by atoms with van der Waals surface area (Å²) in [5.41, 5.74) is 2.37. The molecule has 0 aliphatic carbocycles. The Labute approximate surface area is 197 Å². The second-order valence-electron chi connectivity index (χ2n) is 8.15. The molecule has 0 bridgehead atoms. The van der Waals surface area contributed by atoms with Crippen molar-refractivity contribution in [2.24, 2.45) is 0 Å². The summed E-state index contributed by atoms with van der Waals surface area (Å²) in [6.45, 7) is 1.60. The Morgan fingerprint density at radius 2 is 1.91 bits per heavy atom. The Balaban J connectivity index is 1.48. The third kappa shape index (κ3) is 6.73. The van der Waals surface area contributed by atoms with E-state index in [2.05, 4.69) is 5.32 Å². The van der Waals surface area contributed by atoms with Crippen molar-refractivity contribution in [1.29, 1.82) is 0 Å². The van der Waals surface area contributed by atoms with E-state index < -0.39 is 0 Å². The number of hydrogen-bond donors (Lipinski definition) is 1. The molecule has 4 rings (SSSR count). The van der Waals surface area contributed by atoms with Gasteiger partial charge in [0.2, 0.25) is 11.8 Å². The number of carbonyl (C=O) groups is 2. The van der Waals surface area contributed by atoms with Gasteiger partial charge in [0, 0.05) is 23.7 Å². The average molecular weight is 467 g/mol. The van der Waals surface area contributed by atoms with Gasteiger partial charge in [-0.2, -0.15) is 0 Å². The van der Waals surface area contributed by atoms with Crippen molar-refractivity contribution >= 4 is 28.8 Å². The first kappa shape index (κ1) is 23.1. The van der Waals surface area contributed by atoms with Gasteiger partial charge in [0.15, 0.2) is 0 Å². The fourth-order valence-corrected chi connectivity index (χ4v) is 4.56. The number of nitrogens with zero attached hydrogens (tertiary/aromatic N) is 1. The van der Waals surface area contributed by atoms with E-state index >= 15 is 0 Å². The van der Waals surface area contributed by atoms with E-state index in [1.807, 2.05) is 41.8 Å². The maximum absolute atomic E-state index is 13.4. The van der Waals surface area contributed by atoms with E-state index in [9.17, 15) is 14.0 Å². The van der Waals surface area contributed by atoms with E-state index in [1.165, 1.54) is 23.5 Å². The summed E-state index contributed by atoms with van der Waals surface area (Å²) in [5, 5.41) is 4.89. The highest BCUT2D eigenvalue weighted by molar-refractivity contribution is 7.10. The van der Waals surface area contributed by atoms with Gasteiger partial charge in [-0.25, -0.2) is 4.39 Å². The molecule has 0 spiro atoms. The molecule has 0 unspecified atom stereocenters. The Morgan fingerprint density at radius 3 is 2.64 bits per heavy atom. The molecule has 2 aromatic carbocycles. The molecule has 1 aromatic heterocycles. The molecule has 7 heteroatoms. The van der Waals surface area contributed by atoms with Crippen LogP contribution in [0.1, 0.15) is 28.8 Å². The van der Waals surface area contributed by atoms with Gasteiger partial charge in [0.05, 0.1) is 25.5 Å². The van der Waals surface area contributed by atoms with Crippen LogP contribution in [-0.2, 0) is 33.7 Å². The molecule has 3 aromatic rings. The maximum atomic E-state index is 13.4. The van der Waals surface area contributed by atoms with Crippen LogP contribution in [0.2, 0.25) is 0 Å². The van der Waals surface area contributed by atoms with Crippen molar-refractivity contribution in [3.05, 3.63) is 87.9 Å². The van der Waals surface area contributed by atoms with E-state index in [-0.39, 0.29) is 36.6 Å². The summed E-state index contributed by atoms with van der Waals surface area (Å²) >= 11 is 1.54. The predicted octanol–water partition coefficient (Wildman–Crippen LogP) is 4.50. The number of amides is 2. The second kappa shape index (κ2) is 11.2. The highest BCUT2D eigenvalue weighted by Gasteiger charge is 2.19. The first-order valence-electron chi connectivity index (χ1n) is 11.1. The van der Waals surface area contributed by atoms with E-state index in [0.717, 1.165) is 35.5 Å². The van der Waals surface area contributed by atoms with Gasteiger partial charge < -0.3 is 15.0 Å². The summed E-state index contributed by atoms with van der Waals surface area (Å²) < 4.78 is 18.9. The first-order chi connectivity index (χ1) is 16.1. The minimum Gasteiger partial charge on any atom is -0.376 e. The Hall–Kier alpha value is -3.03. The zero-order valence-electron chi connectivity index (χ0n) is 18.3. The number of nitrogens with one attached hydrogen (secondary N) is 1. The van der Waals surface area contributed by atoms with Crippen LogP contribution >= 0.6 is 11.3 Å². The lowest BCUT2D eigenvalue weighted by atomic mass is 10.1. The van der Waals surface area contributed by atoms with Gasteiger partial charge in [-0.05, 0) is 59.7 Å². The molecule has 5 nitrogen and oxygen atoms in total. The number of ether oxygens (including phenoxy) is 1. The van der Waals surface area contributed by atoms with Crippen LogP contribution in [0, 0.1) is 5.82 Å². The third-order valence-electron chi connectivity index (χ3n) is 5.60. The highest BCUT2D eigenvalue weighted by atomic mass is 32.1. The van der Waals surface area contributed by atoms with Crippen LogP contribution in [0.25, 0.3) is 0 Å². The van der Waals surface area contributed by atoms with Crippen LogP contribution in [-0.4, -0.2) is 31.1 Å². The smallest absolute Gasteiger partial charge is 0.232 e. The van der Waals surface area contributed by atoms with Crippen LogP contribution < -0.4 is 10.2 Å². The minimum absolute atomic E-state index is 0.0539. The Kier molecular flexibility index (Phi) is 7.86. The fourth-order valence-electron chi connectivity index (χ4n) is 3.87. The fraction of sp³-hybridized carbons (Fsp3) is 0.308. The number of anilines is 1. The molecule has 1 aliphatic rings. The van der Waals surface area contributed by atoms with Gasteiger partial charge in [-0.1, -0.05) is 30.3 Å². The molecule has 1 fully saturated rings. The zero-order valence-corrected chi connectivity index (χ0v) is 19.2. The van der Waals surface area contributed by atoms with E-state index in [4.69, 9.17) is 4.74 Å². The molecule has 1 saturated heterocycles. The molecule has 1 aliphatic heterocycles. The van der Waals surface area contributed by atoms with Crippen LogP contribution in [0.4, 0.5) is 10.1 Å². The topological polar surface area (TPSA) is 58.6 Å². The van der Waals surface area contributed by atoms with E-state index in [1.54, 1.807) is 17.0 Å². The van der Waals surface area contributed by atoms with Crippen LogP contribution in [0.5, 0.6) is 0 Å².